The summed E-state index contributed by atoms with van der Waals surface area (Å²) in [5, 5.41) is 0.721. The lowest BCUT2D eigenvalue weighted by Gasteiger charge is -2.37. The molecule has 2 aliphatic rings. The summed E-state index contributed by atoms with van der Waals surface area (Å²) in [5.41, 5.74) is 1.57. The van der Waals surface area contributed by atoms with Crippen LogP contribution in [0.5, 0.6) is 0 Å². The Morgan fingerprint density at radius 1 is 0.929 bits per heavy atom. The summed E-state index contributed by atoms with van der Waals surface area (Å²) in [6, 6.07) is 9.16. The van der Waals surface area contributed by atoms with Crippen molar-refractivity contribution >= 4 is 22.5 Å². The number of nitrogens with zero attached hydrogens (tertiary/aromatic N) is 6. The van der Waals surface area contributed by atoms with E-state index in [1.54, 1.807) is 17.0 Å². The quantitative estimate of drug-likeness (QED) is 0.235. The lowest BCUT2D eigenvalue weighted by molar-refractivity contribution is -0.145. The fraction of sp³-hybridized carbons (Fsp3) is 0.533. The number of carbonyl (C=O) groups is 1. The van der Waals surface area contributed by atoms with E-state index in [0.29, 0.717) is 22.7 Å². The minimum Gasteiger partial charge on any atom is -0.354 e. The molecule has 1 aromatic carbocycles. The summed E-state index contributed by atoms with van der Waals surface area (Å²) >= 11 is 0. The first-order chi connectivity index (χ1) is 19.9. The zero-order chi connectivity index (χ0) is 30.1. The number of Topliss-reactive ketones (excluding diaryl/α,β-unsaturated/α-hetero) is 1. The number of pyridine rings is 1. The Labute approximate surface area is 241 Å². The van der Waals surface area contributed by atoms with Crippen LogP contribution >= 0.6 is 0 Å². The molecule has 0 spiro atoms. The van der Waals surface area contributed by atoms with Gasteiger partial charge in [0.05, 0.1) is 5.52 Å². The number of ketones is 1. The van der Waals surface area contributed by atoms with Crippen LogP contribution in [-0.2, 0) is 6.18 Å². The van der Waals surface area contributed by atoms with E-state index < -0.39 is 24.0 Å². The number of anilines is 1. The minimum absolute atomic E-state index is 0.0548. The summed E-state index contributed by atoms with van der Waals surface area (Å²) in [4.78, 5) is 31.7. The molecule has 0 saturated carbocycles. The average molecular weight is 591 g/mol. The number of fused-ring (bicyclic) bond motifs is 1. The van der Waals surface area contributed by atoms with Crippen LogP contribution in [-0.4, -0.2) is 81.8 Å². The Balaban J connectivity index is 1.32. The zero-order valence-electron chi connectivity index (χ0n) is 23.7. The van der Waals surface area contributed by atoms with Crippen molar-refractivity contribution in [1.29, 1.82) is 0 Å². The predicted octanol–water partition coefficient (Wildman–Crippen LogP) is 6.01. The monoisotopic (exact) mass is 590 g/mol. The summed E-state index contributed by atoms with van der Waals surface area (Å²) in [6.45, 7) is 8.13. The lowest BCUT2D eigenvalue weighted by atomic mass is 9.94. The van der Waals surface area contributed by atoms with Crippen LogP contribution in [0.2, 0.25) is 0 Å². The molecule has 1 unspecified atom stereocenters. The van der Waals surface area contributed by atoms with E-state index in [4.69, 9.17) is 4.98 Å². The number of alkyl halides is 5. The molecule has 0 bridgehead atoms. The Hall–Kier alpha value is -3.25. The fourth-order valence-electron chi connectivity index (χ4n) is 5.81. The van der Waals surface area contributed by atoms with E-state index in [1.165, 1.54) is 0 Å². The molecule has 0 aliphatic carbocycles. The Bertz CT molecular complexity index is 1380. The SMILES string of the molecule is CC(C)N1CCN(c2ccc3c(C(=O)CCC(c4cnc(C(F)(F)F)nc4)N4CCC(F)(F)CC4)cccc3n2)CC1. The first-order valence-corrected chi connectivity index (χ1v) is 14.3. The molecule has 3 aromatic rings. The molecule has 2 aromatic heterocycles. The maximum atomic E-state index is 13.9. The van der Waals surface area contributed by atoms with Crippen molar-refractivity contribution in [3.8, 4) is 0 Å². The molecule has 42 heavy (non-hydrogen) atoms. The highest BCUT2D eigenvalue weighted by Crippen LogP contribution is 2.35. The molecule has 226 valence electrons. The molecule has 4 heterocycles. The second-order valence-electron chi connectivity index (χ2n) is 11.4. The molecule has 2 fully saturated rings. The maximum absolute atomic E-state index is 13.9. The lowest BCUT2D eigenvalue weighted by Crippen LogP contribution is -2.49. The van der Waals surface area contributed by atoms with E-state index in [2.05, 4.69) is 33.6 Å². The zero-order valence-corrected chi connectivity index (χ0v) is 23.7. The van der Waals surface area contributed by atoms with E-state index in [0.717, 1.165) is 49.8 Å². The summed E-state index contributed by atoms with van der Waals surface area (Å²) in [6.07, 6.45) is -2.95. The molecule has 0 amide bonds. The second kappa shape index (κ2) is 12.2. The van der Waals surface area contributed by atoms with Gasteiger partial charge in [-0.1, -0.05) is 12.1 Å². The van der Waals surface area contributed by atoms with Crippen LogP contribution in [0.15, 0.2) is 42.7 Å². The molecule has 12 heteroatoms. The van der Waals surface area contributed by atoms with Crippen LogP contribution in [0.1, 0.15) is 67.3 Å². The van der Waals surface area contributed by atoms with Gasteiger partial charge in [0.1, 0.15) is 5.82 Å². The van der Waals surface area contributed by atoms with Crippen molar-refractivity contribution in [2.75, 3.05) is 44.2 Å². The Morgan fingerprint density at radius 2 is 1.60 bits per heavy atom. The van der Waals surface area contributed by atoms with E-state index in [-0.39, 0.29) is 44.6 Å². The molecule has 0 radical (unpaired) electrons. The third-order valence-electron chi connectivity index (χ3n) is 8.31. The fourth-order valence-corrected chi connectivity index (χ4v) is 5.81. The van der Waals surface area contributed by atoms with Crippen molar-refractivity contribution in [2.45, 2.75) is 63.7 Å². The normalized spacial score (nSPS) is 19.4. The van der Waals surface area contributed by atoms with Gasteiger partial charge in [-0.3, -0.25) is 14.6 Å². The summed E-state index contributed by atoms with van der Waals surface area (Å²) < 4.78 is 66.8. The topological polar surface area (TPSA) is 65.5 Å². The predicted molar refractivity (Wildman–Crippen MR) is 150 cm³/mol. The summed E-state index contributed by atoms with van der Waals surface area (Å²) in [5.74, 6) is -3.35. The van der Waals surface area contributed by atoms with Crippen molar-refractivity contribution in [1.82, 2.24) is 24.8 Å². The molecule has 0 N–H and O–H groups in total. The largest absolute Gasteiger partial charge is 0.451 e. The van der Waals surface area contributed by atoms with Crippen molar-refractivity contribution < 1.29 is 26.7 Å². The van der Waals surface area contributed by atoms with Gasteiger partial charge >= 0.3 is 6.18 Å². The number of piperazine rings is 1. The molecular formula is C30H35F5N6O. The van der Waals surface area contributed by atoms with Gasteiger partial charge in [-0.05, 0) is 38.5 Å². The molecule has 2 aliphatic heterocycles. The molecular weight excluding hydrogens is 555 g/mol. The number of carbonyl (C=O) groups excluding carboxylic acids is 1. The second-order valence-corrected chi connectivity index (χ2v) is 11.4. The molecule has 5 rings (SSSR count). The van der Waals surface area contributed by atoms with Crippen molar-refractivity contribution in [3.05, 3.63) is 59.7 Å². The van der Waals surface area contributed by atoms with Gasteiger partial charge in [-0.25, -0.2) is 23.7 Å². The van der Waals surface area contributed by atoms with Gasteiger partial charge in [0.2, 0.25) is 5.82 Å². The van der Waals surface area contributed by atoms with Crippen molar-refractivity contribution in [2.24, 2.45) is 0 Å². The van der Waals surface area contributed by atoms with Gasteiger partial charge in [-0.2, -0.15) is 13.2 Å². The number of benzene rings is 1. The number of rotatable bonds is 8. The van der Waals surface area contributed by atoms with Gasteiger partial charge in [0, 0.05) is 99.5 Å². The molecule has 2 saturated heterocycles. The van der Waals surface area contributed by atoms with E-state index >= 15 is 0 Å². The highest BCUT2D eigenvalue weighted by molar-refractivity contribution is 6.07. The molecule has 1 atom stereocenters. The average Bonchev–Trinajstić information content (AvgIpc) is 2.97. The smallest absolute Gasteiger partial charge is 0.354 e. The third kappa shape index (κ3) is 6.86. The Morgan fingerprint density at radius 3 is 2.21 bits per heavy atom. The standard InChI is InChI=1S/C30H35F5N6O/c1-20(2)39-14-16-41(17-15-39)27-9-6-22-23(4-3-5-24(22)38-27)26(42)8-7-25(40-12-10-29(31,32)11-13-40)21-18-36-28(37-19-21)30(33,34)35/h3-6,9,18-20,25H,7-8,10-17H2,1-2H3. The van der Waals surface area contributed by atoms with Crippen LogP contribution in [0.4, 0.5) is 27.8 Å². The van der Waals surface area contributed by atoms with Gasteiger partial charge in [-0.15, -0.1) is 0 Å². The van der Waals surface area contributed by atoms with Gasteiger partial charge in [0.25, 0.3) is 5.92 Å². The minimum atomic E-state index is -4.69. The first kappa shape index (κ1) is 30.2. The van der Waals surface area contributed by atoms with E-state index in [1.807, 2.05) is 18.2 Å². The highest BCUT2D eigenvalue weighted by Gasteiger charge is 2.38. The van der Waals surface area contributed by atoms with Crippen LogP contribution in [0, 0.1) is 0 Å². The van der Waals surface area contributed by atoms with Crippen LogP contribution < -0.4 is 4.90 Å². The van der Waals surface area contributed by atoms with E-state index in [9.17, 15) is 26.7 Å². The highest BCUT2D eigenvalue weighted by atomic mass is 19.4. The van der Waals surface area contributed by atoms with Crippen LogP contribution in [0.3, 0.4) is 0 Å². The first-order valence-electron chi connectivity index (χ1n) is 14.3. The number of hydrogen-bond donors (Lipinski definition) is 0. The van der Waals surface area contributed by atoms with Crippen molar-refractivity contribution in [3.63, 3.8) is 0 Å². The van der Waals surface area contributed by atoms with Crippen LogP contribution in [0.25, 0.3) is 10.9 Å². The number of piperidine rings is 1. The number of likely N-dealkylation sites (tertiary alicyclic amines) is 1. The number of halogens is 5. The van der Waals surface area contributed by atoms with Gasteiger partial charge < -0.3 is 4.90 Å². The van der Waals surface area contributed by atoms with Gasteiger partial charge in [0.15, 0.2) is 5.78 Å². The third-order valence-corrected chi connectivity index (χ3v) is 8.31. The number of aromatic nitrogens is 3. The Kier molecular flexibility index (Phi) is 8.75. The summed E-state index contributed by atoms with van der Waals surface area (Å²) in [7, 11) is 0. The maximum Gasteiger partial charge on any atom is 0.451 e. The molecule has 7 nitrogen and oxygen atoms in total. The number of hydrogen-bond acceptors (Lipinski definition) is 7.